The van der Waals surface area contributed by atoms with Crippen molar-refractivity contribution in [1.82, 2.24) is 0 Å². The van der Waals surface area contributed by atoms with Crippen molar-refractivity contribution in [2.24, 2.45) is 16.7 Å². The predicted molar refractivity (Wildman–Crippen MR) is 53.4 cm³/mol. The molecular weight excluding hydrogens is 162 g/mol. The molecule has 0 saturated heterocycles. The van der Waals surface area contributed by atoms with E-state index >= 15 is 0 Å². The summed E-state index contributed by atoms with van der Waals surface area (Å²) >= 11 is 0. The molecule has 2 rings (SSSR count). The van der Waals surface area contributed by atoms with Crippen molar-refractivity contribution in [3.05, 3.63) is 34.9 Å². The highest BCUT2D eigenvalue weighted by Gasteiger charge is 2.11. The zero-order valence-corrected chi connectivity index (χ0v) is 7.46. The van der Waals surface area contributed by atoms with E-state index in [1.54, 1.807) is 0 Å². The molecule has 1 aromatic rings. The third-order valence-corrected chi connectivity index (χ3v) is 2.53. The first kappa shape index (κ1) is 8.10. The normalized spacial score (nSPS) is 15.8. The van der Waals surface area contributed by atoms with Crippen LogP contribution in [0, 0.1) is 0 Å². The third kappa shape index (κ3) is 1.37. The van der Waals surface area contributed by atoms with E-state index in [1.807, 2.05) is 6.07 Å². The Morgan fingerprint density at radius 1 is 1.23 bits per heavy atom. The van der Waals surface area contributed by atoms with Crippen molar-refractivity contribution in [2.45, 2.75) is 19.3 Å². The van der Waals surface area contributed by atoms with Crippen LogP contribution in [0.4, 0.5) is 0 Å². The Labute approximate surface area is 77.4 Å². The summed E-state index contributed by atoms with van der Waals surface area (Å²) in [5, 5.41) is 3.48. The van der Waals surface area contributed by atoms with Crippen molar-refractivity contribution < 1.29 is 0 Å². The van der Waals surface area contributed by atoms with E-state index in [0.29, 0.717) is 5.84 Å². The number of benzene rings is 1. The van der Waals surface area contributed by atoms with Crippen LogP contribution in [-0.4, -0.2) is 5.84 Å². The minimum Gasteiger partial charge on any atom is -0.382 e. The van der Waals surface area contributed by atoms with Crippen LogP contribution in [0.5, 0.6) is 0 Å². The van der Waals surface area contributed by atoms with Gasteiger partial charge in [-0.15, -0.1) is 0 Å². The second-order valence-corrected chi connectivity index (χ2v) is 3.35. The van der Waals surface area contributed by atoms with Crippen molar-refractivity contribution in [3.63, 3.8) is 0 Å². The summed E-state index contributed by atoms with van der Waals surface area (Å²) in [5.74, 6) is 5.52. The van der Waals surface area contributed by atoms with E-state index in [1.165, 1.54) is 24.0 Å². The molecule has 13 heavy (non-hydrogen) atoms. The standard InChI is InChI=1S/C10H13N3/c11-10(13-12)9-5-4-7-2-1-3-8(7)6-9/h4-6H,1-3,12H2,(H2,11,13). The summed E-state index contributed by atoms with van der Waals surface area (Å²) < 4.78 is 0. The highest BCUT2D eigenvalue weighted by molar-refractivity contribution is 5.97. The van der Waals surface area contributed by atoms with Gasteiger partial charge in [0.05, 0.1) is 0 Å². The van der Waals surface area contributed by atoms with E-state index in [-0.39, 0.29) is 0 Å². The molecule has 1 aliphatic carbocycles. The number of aryl methyl sites for hydroxylation is 2. The van der Waals surface area contributed by atoms with E-state index < -0.39 is 0 Å². The number of rotatable bonds is 1. The highest BCUT2D eigenvalue weighted by Crippen LogP contribution is 2.22. The van der Waals surface area contributed by atoms with Gasteiger partial charge in [0.25, 0.3) is 0 Å². The molecule has 3 heteroatoms. The topological polar surface area (TPSA) is 64.4 Å². The molecular formula is C10H13N3. The Hall–Kier alpha value is -1.51. The third-order valence-electron chi connectivity index (χ3n) is 2.53. The number of fused-ring (bicyclic) bond motifs is 1. The van der Waals surface area contributed by atoms with Crippen LogP contribution in [0.25, 0.3) is 0 Å². The Kier molecular flexibility index (Phi) is 1.93. The lowest BCUT2D eigenvalue weighted by molar-refractivity contribution is 0.912. The molecule has 0 heterocycles. The first-order valence-corrected chi connectivity index (χ1v) is 4.47. The minimum atomic E-state index is 0.412. The molecule has 1 aliphatic rings. The van der Waals surface area contributed by atoms with Crippen molar-refractivity contribution >= 4 is 5.84 Å². The largest absolute Gasteiger partial charge is 0.382 e. The average molecular weight is 175 g/mol. The van der Waals surface area contributed by atoms with Gasteiger partial charge in [-0.3, -0.25) is 0 Å². The maximum Gasteiger partial charge on any atom is 0.150 e. The maximum absolute atomic E-state index is 5.61. The van der Waals surface area contributed by atoms with Gasteiger partial charge in [-0.1, -0.05) is 12.1 Å². The van der Waals surface area contributed by atoms with Gasteiger partial charge < -0.3 is 11.6 Å². The molecule has 0 aliphatic heterocycles. The molecule has 0 aromatic heterocycles. The quantitative estimate of drug-likeness (QED) is 0.286. The minimum absolute atomic E-state index is 0.412. The van der Waals surface area contributed by atoms with E-state index in [2.05, 4.69) is 17.2 Å². The van der Waals surface area contributed by atoms with Crippen LogP contribution >= 0.6 is 0 Å². The van der Waals surface area contributed by atoms with Crippen LogP contribution in [0.1, 0.15) is 23.1 Å². The molecule has 0 radical (unpaired) electrons. The van der Waals surface area contributed by atoms with E-state index in [4.69, 9.17) is 11.6 Å². The lowest BCUT2D eigenvalue weighted by atomic mass is 10.1. The van der Waals surface area contributed by atoms with E-state index in [0.717, 1.165) is 12.0 Å². The van der Waals surface area contributed by atoms with Crippen LogP contribution in [0.3, 0.4) is 0 Å². The fourth-order valence-electron chi connectivity index (χ4n) is 1.81. The number of nitrogens with two attached hydrogens (primary N) is 2. The van der Waals surface area contributed by atoms with Gasteiger partial charge in [0.1, 0.15) is 5.84 Å². The molecule has 1 aromatic carbocycles. The Bertz CT molecular complexity index is 355. The predicted octanol–water partition coefficient (Wildman–Crippen LogP) is 0.754. The lowest BCUT2D eigenvalue weighted by Gasteiger charge is -2.02. The number of amidine groups is 1. The van der Waals surface area contributed by atoms with Gasteiger partial charge in [-0.05, 0) is 36.5 Å². The Morgan fingerprint density at radius 2 is 2.00 bits per heavy atom. The SMILES string of the molecule is N/N=C(/N)c1ccc2c(c1)CCC2. The molecule has 0 bridgehead atoms. The summed E-state index contributed by atoms with van der Waals surface area (Å²) in [4.78, 5) is 0. The van der Waals surface area contributed by atoms with Gasteiger partial charge in [0.15, 0.2) is 0 Å². The second-order valence-electron chi connectivity index (χ2n) is 3.35. The molecule has 68 valence electrons. The fraction of sp³-hybridized carbons (Fsp3) is 0.300. The molecule has 0 atom stereocenters. The van der Waals surface area contributed by atoms with Crippen molar-refractivity contribution in [1.29, 1.82) is 0 Å². The molecule has 4 N–H and O–H groups in total. The van der Waals surface area contributed by atoms with Gasteiger partial charge >= 0.3 is 0 Å². The van der Waals surface area contributed by atoms with Crippen LogP contribution in [0.2, 0.25) is 0 Å². The van der Waals surface area contributed by atoms with Gasteiger partial charge in [0.2, 0.25) is 0 Å². The molecule has 0 amide bonds. The van der Waals surface area contributed by atoms with Crippen molar-refractivity contribution in [3.8, 4) is 0 Å². The molecule has 0 unspecified atom stereocenters. The second kappa shape index (κ2) is 3.09. The smallest absolute Gasteiger partial charge is 0.150 e. The van der Waals surface area contributed by atoms with Gasteiger partial charge in [-0.2, -0.15) is 5.10 Å². The van der Waals surface area contributed by atoms with Crippen molar-refractivity contribution in [2.75, 3.05) is 0 Å². The van der Waals surface area contributed by atoms with Crippen LogP contribution < -0.4 is 11.6 Å². The zero-order chi connectivity index (χ0) is 9.26. The molecule has 0 saturated carbocycles. The fourth-order valence-corrected chi connectivity index (χ4v) is 1.81. The Balaban J connectivity index is 2.41. The van der Waals surface area contributed by atoms with Gasteiger partial charge in [-0.25, -0.2) is 0 Å². The van der Waals surface area contributed by atoms with E-state index in [9.17, 15) is 0 Å². The first-order valence-electron chi connectivity index (χ1n) is 4.47. The Morgan fingerprint density at radius 3 is 2.77 bits per heavy atom. The lowest BCUT2D eigenvalue weighted by Crippen LogP contribution is -2.15. The van der Waals surface area contributed by atoms with Crippen LogP contribution in [0.15, 0.2) is 23.3 Å². The first-order chi connectivity index (χ1) is 6.31. The maximum atomic E-state index is 5.61. The summed E-state index contributed by atoms with van der Waals surface area (Å²) in [7, 11) is 0. The monoisotopic (exact) mass is 175 g/mol. The summed E-state index contributed by atoms with van der Waals surface area (Å²) in [6.07, 6.45) is 3.59. The van der Waals surface area contributed by atoms with Crippen LogP contribution in [-0.2, 0) is 12.8 Å². The summed E-state index contributed by atoms with van der Waals surface area (Å²) in [6, 6.07) is 6.19. The average Bonchev–Trinajstić information content (AvgIpc) is 2.63. The van der Waals surface area contributed by atoms with Gasteiger partial charge in [0, 0.05) is 5.56 Å². The number of hydrogen-bond acceptors (Lipinski definition) is 2. The highest BCUT2D eigenvalue weighted by atomic mass is 15.1. The molecule has 0 fully saturated rings. The summed E-state index contributed by atoms with van der Waals surface area (Å²) in [6.45, 7) is 0. The number of hydrogen-bond donors (Lipinski definition) is 2. The number of hydrazone groups is 1. The molecule has 0 spiro atoms. The zero-order valence-electron chi connectivity index (χ0n) is 7.46. The summed E-state index contributed by atoms with van der Waals surface area (Å²) in [5.41, 5.74) is 9.38. The molecule has 3 nitrogen and oxygen atoms in total. The number of nitrogens with zero attached hydrogens (tertiary/aromatic N) is 1.